The Morgan fingerprint density at radius 1 is 1.11 bits per heavy atom. The van der Waals surface area contributed by atoms with Crippen LogP contribution in [0.1, 0.15) is 34.3 Å². The minimum Gasteiger partial charge on any atom is -0.493 e. The Bertz CT molecular complexity index is 1030. The van der Waals surface area contributed by atoms with Crippen molar-refractivity contribution in [2.75, 3.05) is 59.5 Å². The summed E-state index contributed by atoms with van der Waals surface area (Å²) in [5, 5.41) is 10.8. The SMILES string of the molecule is CN1CCCC(COc2ccc3c(c2)OCCN(C[C@H](O)CN2CCc4ccccc4C2)C3=O)C1. The minimum absolute atomic E-state index is 0.0963. The molecule has 188 valence electrons. The second-order valence-corrected chi connectivity index (χ2v) is 10.2. The van der Waals surface area contributed by atoms with Crippen LogP contribution in [0, 0.1) is 5.92 Å². The van der Waals surface area contributed by atoms with Gasteiger partial charge in [-0.25, -0.2) is 0 Å². The molecule has 0 radical (unpaired) electrons. The van der Waals surface area contributed by atoms with Gasteiger partial charge in [-0.1, -0.05) is 24.3 Å². The molecule has 1 fully saturated rings. The lowest BCUT2D eigenvalue weighted by atomic mass is 9.99. The van der Waals surface area contributed by atoms with Crippen molar-refractivity contribution >= 4 is 5.91 Å². The van der Waals surface area contributed by atoms with E-state index in [0.29, 0.717) is 50.1 Å². The van der Waals surface area contributed by atoms with Gasteiger partial charge in [-0.2, -0.15) is 0 Å². The van der Waals surface area contributed by atoms with Gasteiger partial charge in [0.1, 0.15) is 18.1 Å². The average molecular weight is 480 g/mol. The van der Waals surface area contributed by atoms with E-state index in [2.05, 4.69) is 41.1 Å². The van der Waals surface area contributed by atoms with E-state index in [-0.39, 0.29) is 5.91 Å². The van der Waals surface area contributed by atoms with Gasteiger partial charge in [-0.05, 0) is 56.1 Å². The van der Waals surface area contributed by atoms with Gasteiger partial charge in [0.05, 0.1) is 24.8 Å². The smallest absolute Gasteiger partial charge is 0.257 e. The molecule has 2 atom stereocenters. The van der Waals surface area contributed by atoms with Gasteiger partial charge in [-0.15, -0.1) is 0 Å². The zero-order valence-electron chi connectivity index (χ0n) is 20.7. The second kappa shape index (κ2) is 11.0. The lowest BCUT2D eigenvalue weighted by Gasteiger charge is -2.32. The first-order valence-corrected chi connectivity index (χ1v) is 12.9. The molecule has 1 N–H and O–H groups in total. The lowest BCUT2D eigenvalue weighted by Crippen LogP contribution is -2.44. The average Bonchev–Trinajstić information content (AvgIpc) is 3.01. The molecule has 1 saturated heterocycles. The summed E-state index contributed by atoms with van der Waals surface area (Å²) in [6, 6.07) is 14.0. The molecule has 3 heterocycles. The Kier molecular flexibility index (Phi) is 7.56. The van der Waals surface area contributed by atoms with Crippen molar-refractivity contribution in [2.45, 2.75) is 31.9 Å². The van der Waals surface area contributed by atoms with Gasteiger partial charge in [0.15, 0.2) is 0 Å². The van der Waals surface area contributed by atoms with Crippen LogP contribution in [0.25, 0.3) is 0 Å². The number of hydrogen-bond acceptors (Lipinski definition) is 6. The summed E-state index contributed by atoms with van der Waals surface area (Å²) in [5.41, 5.74) is 3.25. The highest BCUT2D eigenvalue weighted by atomic mass is 16.5. The van der Waals surface area contributed by atoms with Crippen LogP contribution in [0.5, 0.6) is 11.5 Å². The number of aliphatic hydroxyl groups excluding tert-OH is 1. The van der Waals surface area contributed by atoms with Crippen molar-refractivity contribution in [3.05, 3.63) is 59.2 Å². The molecular formula is C28H37N3O4. The number of likely N-dealkylation sites (tertiary alicyclic amines) is 1. The van der Waals surface area contributed by atoms with Crippen LogP contribution in [-0.4, -0.2) is 91.3 Å². The van der Waals surface area contributed by atoms with Crippen LogP contribution in [0.2, 0.25) is 0 Å². The number of aliphatic hydroxyl groups is 1. The lowest BCUT2D eigenvalue weighted by molar-refractivity contribution is 0.0501. The third-order valence-electron chi connectivity index (χ3n) is 7.41. The molecule has 2 aromatic carbocycles. The topological polar surface area (TPSA) is 65.5 Å². The van der Waals surface area contributed by atoms with E-state index < -0.39 is 6.10 Å². The first-order valence-electron chi connectivity index (χ1n) is 12.9. The van der Waals surface area contributed by atoms with E-state index >= 15 is 0 Å². The van der Waals surface area contributed by atoms with Crippen molar-refractivity contribution in [1.82, 2.24) is 14.7 Å². The number of β-amino-alcohol motifs (C(OH)–C–C–N with tert-alkyl or cyclic N) is 1. The molecule has 3 aliphatic rings. The number of piperidine rings is 1. The van der Waals surface area contributed by atoms with E-state index in [1.54, 1.807) is 11.0 Å². The first kappa shape index (κ1) is 24.1. The van der Waals surface area contributed by atoms with E-state index in [9.17, 15) is 9.90 Å². The summed E-state index contributed by atoms with van der Waals surface area (Å²) in [4.78, 5) is 19.6. The number of rotatable bonds is 7. The van der Waals surface area contributed by atoms with Crippen molar-refractivity contribution in [1.29, 1.82) is 0 Å². The number of carbonyl (C=O) groups is 1. The Hall–Kier alpha value is -2.61. The number of ether oxygens (including phenoxy) is 2. The number of nitrogens with zero attached hydrogens (tertiary/aromatic N) is 3. The second-order valence-electron chi connectivity index (χ2n) is 10.2. The van der Waals surface area contributed by atoms with Gasteiger partial charge in [-0.3, -0.25) is 9.69 Å². The molecule has 0 saturated carbocycles. The summed E-state index contributed by atoms with van der Waals surface area (Å²) >= 11 is 0. The number of carbonyl (C=O) groups excluding carboxylic acids is 1. The Morgan fingerprint density at radius 2 is 1.97 bits per heavy atom. The number of hydrogen-bond donors (Lipinski definition) is 1. The predicted octanol–water partition coefficient (Wildman–Crippen LogP) is 2.66. The third kappa shape index (κ3) is 5.97. The molecule has 2 aromatic rings. The quantitative estimate of drug-likeness (QED) is 0.659. The summed E-state index contributed by atoms with van der Waals surface area (Å²) in [5.74, 6) is 1.74. The number of amides is 1. The van der Waals surface area contributed by atoms with Gasteiger partial charge in [0, 0.05) is 44.7 Å². The fraction of sp³-hybridized carbons (Fsp3) is 0.536. The van der Waals surface area contributed by atoms with Crippen LogP contribution in [0.4, 0.5) is 0 Å². The van der Waals surface area contributed by atoms with Crippen molar-refractivity contribution in [2.24, 2.45) is 5.92 Å². The van der Waals surface area contributed by atoms with E-state index in [4.69, 9.17) is 9.47 Å². The molecule has 7 heteroatoms. The highest BCUT2D eigenvalue weighted by molar-refractivity contribution is 5.97. The highest BCUT2D eigenvalue weighted by Crippen LogP contribution is 2.29. The molecule has 7 nitrogen and oxygen atoms in total. The zero-order chi connectivity index (χ0) is 24.2. The van der Waals surface area contributed by atoms with Gasteiger partial charge in [0.25, 0.3) is 5.91 Å². The fourth-order valence-corrected chi connectivity index (χ4v) is 5.54. The van der Waals surface area contributed by atoms with Gasteiger partial charge < -0.3 is 24.4 Å². The molecule has 3 aliphatic heterocycles. The van der Waals surface area contributed by atoms with Crippen LogP contribution >= 0.6 is 0 Å². The maximum absolute atomic E-state index is 13.3. The molecule has 0 aromatic heterocycles. The van der Waals surface area contributed by atoms with Gasteiger partial charge in [0.2, 0.25) is 0 Å². The molecule has 0 spiro atoms. The first-order chi connectivity index (χ1) is 17.0. The third-order valence-corrected chi connectivity index (χ3v) is 7.41. The van der Waals surface area contributed by atoms with E-state index in [1.165, 1.54) is 24.0 Å². The van der Waals surface area contributed by atoms with E-state index in [1.807, 2.05) is 12.1 Å². The monoisotopic (exact) mass is 479 g/mol. The summed E-state index contributed by atoms with van der Waals surface area (Å²) in [6.07, 6.45) is 2.78. The predicted molar refractivity (Wildman–Crippen MR) is 135 cm³/mol. The largest absolute Gasteiger partial charge is 0.493 e. The summed E-state index contributed by atoms with van der Waals surface area (Å²) in [7, 11) is 2.16. The van der Waals surface area contributed by atoms with Gasteiger partial charge >= 0.3 is 0 Å². The molecule has 1 unspecified atom stereocenters. The van der Waals surface area contributed by atoms with Crippen LogP contribution in [0.15, 0.2) is 42.5 Å². The Morgan fingerprint density at radius 3 is 2.83 bits per heavy atom. The van der Waals surface area contributed by atoms with E-state index in [0.717, 1.165) is 38.3 Å². The molecular weight excluding hydrogens is 442 g/mol. The molecule has 35 heavy (non-hydrogen) atoms. The zero-order valence-corrected chi connectivity index (χ0v) is 20.7. The molecule has 1 amide bonds. The number of fused-ring (bicyclic) bond motifs is 2. The van der Waals surface area contributed by atoms with Crippen molar-refractivity contribution in [3.8, 4) is 11.5 Å². The normalized spacial score (nSPS) is 22.1. The fourth-order valence-electron chi connectivity index (χ4n) is 5.54. The number of benzene rings is 2. The maximum atomic E-state index is 13.3. The van der Waals surface area contributed by atoms with Crippen LogP contribution < -0.4 is 9.47 Å². The van der Waals surface area contributed by atoms with Crippen molar-refractivity contribution in [3.63, 3.8) is 0 Å². The molecule has 0 bridgehead atoms. The van der Waals surface area contributed by atoms with Crippen molar-refractivity contribution < 1.29 is 19.4 Å². The molecule has 5 rings (SSSR count). The minimum atomic E-state index is -0.609. The standard InChI is InChI=1S/C28H37N3O4/c1-29-11-4-5-21(16-29)20-35-25-8-9-26-27(15-25)34-14-13-31(28(26)33)19-24(32)18-30-12-10-22-6-2-3-7-23(22)17-30/h2-3,6-9,15,21,24,32H,4-5,10-14,16-20H2,1H3/t21?,24-/m1/s1. The summed E-state index contributed by atoms with van der Waals surface area (Å²) < 4.78 is 12.0. The van der Waals surface area contributed by atoms with Crippen LogP contribution in [-0.2, 0) is 13.0 Å². The maximum Gasteiger partial charge on any atom is 0.257 e. The molecule has 0 aliphatic carbocycles. The Labute approximate surface area is 208 Å². The summed E-state index contributed by atoms with van der Waals surface area (Å²) in [6.45, 7) is 6.36. The highest BCUT2D eigenvalue weighted by Gasteiger charge is 2.27. The Balaban J connectivity index is 1.16. The van der Waals surface area contributed by atoms with Crippen LogP contribution in [0.3, 0.4) is 0 Å².